The highest BCUT2D eigenvalue weighted by molar-refractivity contribution is 6.43. The quantitative estimate of drug-likeness (QED) is 0.817. The van der Waals surface area contributed by atoms with Gasteiger partial charge >= 0.3 is 0 Å². The number of halogens is 2. The standard InChI is InChI=1S/C19H21Cl2N3O2/c1-26-17-8-3-2-7-16(17)24-11-9-23(10-12-24)13-18(25)22-15-6-4-5-14(20)19(15)21/h2-8H,9-13H2,1H3,(H,22,25)/p+1. The van der Waals surface area contributed by atoms with Gasteiger partial charge < -0.3 is 19.9 Å². The van der Waals surface area contributed by atoms with Gasteiger partial charge in [0.2, 0.25) is 0 Å². The predicted molar refractivity (Wildman–Crippen MR) is 106 cm³/mol. The first-order valence-corrected chi connectivity index (χ1v) is 9.29. The Balaban J connectivity index is 1.54. The Labute approximate surface area is 163 Å². The van der Waals surface area contributed by atoms with Crippen LogP contribution in [-0.2, 0) is 4.79 Å². The number of rotatable bonds is 5. The van der Waals surface area contributed by atoms with Gasteiger partial charge in [0.25, 0.3) is 5.91 Å². The van der Waals surface area contributed by atoms with E-state index in [2.05, 4.69) is 16.3 Å². The lowest BCUT2D eigenvalue weighted by atomic mass is 10.2. The van der Waals surface area contributed by atoms with Crippen LogP contribution in [0.4, 0.5) is 11.4 Å². The van der Waals surface area contributed by atoms with Gasteiger partial charge in [-0.25, -0.2) is 0 Å². The SMILES string of the molecule is COc1ccccc1N1CC[NH+](CC(=O)Nc2cccc(Cl)c2Cl)CC1. The number of anilines is 2. The fourth-order valence-electron chi connectivity index (χ4n) is 3.15. The Morgan fingerprint density at radius 1 is 1.15 bits per heavy atom. The zero-order valence-corrected chi connectivity index (χ0v) is 16.1. The number of carbonyl (C=O) groups excluding carboxylic acids is 1. The Morgan fingerprint density at radius 2 is 1.88 bits per heavy atom. The number of nitrogens with zero attached hydrogens (tertiary/aromatic N) is 1. The van der Waals surface area contributed by atoms with Crippen LogP contribution in [-0.4, -0.2) is 45.7 Å². The van der Waals surface area contributed by atoms with Crippen molar-refractivity contribution in [3.8, 4) is 5.75 Å². The molecule has 0 unspecified atom stereocenters. The van der Waals surface area contributed by atoms with Crippen LogP contribution in [0.5, 0.6) is 5.75 Å². The van der Waals surface area contributed by atoms with Gasteiger partial charge in [-0.1, -0.05) is 41.4 Å². The van der Waals surface area contributed by atoms with E-state index in [0.29, 0.717) is 22.3 Å². The first-order chi connectivity index (χ1) is 12.6. The summed E-state index contributed by atoms with van der Waals surface area (Å²) in [6.45, 7) is 3.92. The molecule has 1 fully saturated rings. The van der Waals surface area contributed by atoms with E-state index in [1.807, 2.05) is 18.2 Å². The lowest BCUT2D eigenvalue weighted by Crippen LogP contribution is -3.15. The monoisotopic (exact) mass is 394 g/mol. The molecule has 0 aliphatic carbocycles. The van der Waals surface area contributed by atoms with E-state index >= 15 is 0 Å². The largest absolute Gasteiger partial charge is 0.495 e. The second-order valence-electron chi connectivity index (χ2n) is 6.24. The first kappa shape index (κ1) is 18.8. The van der Waals surface area contributed by atoms with E-state index in [4.69, 9.17) is 27.9 Å². The highest BCUT2D eigenvalue weighted by Gasteiger charge is 2.24. The number of para-hydroxylation sites is 2. The van der Waals surface area contributed by atoms with E-state index in [9.17, 15) is 4.79 Å². The maximum atomic E-state index is 12.3. The van der Waals surface area contributed by atoms with Gasteiger partial charge in [-0.2, -0.15) is 0 Å². The normalized spacial score (nSPS) is 15.0. The number of ether oxygens (including phenoxy) is 1. The molecular formula is C19H22Cl2N3O2+. The molecular weight excluding hydrogens is 373 g/mol. The predicted octanol–water partition coefficient (Wildman–Crippen LogP) is 2.35. The number of piperazine rings is 1. The van der Waals surface area contributed by atoms with Crippen LogP contribution in [0.2, 0.25) is 10.0 Å². The third kappa shape index (κ3) is 4.41. The van der Waals surface area contributed by atoms with Gasteiger partial charge in [-0.3, -0.25) is 4.79 Å². The first-order valence-electron chi connectivity index (χ1n) is 8.54. The Kier molecular flexibility index (Phi) is 6.25. The molecule has 0 saturated carbocycles. The lowest BCUT2D eigenvalue weighted by Gasteiger charge is -2.34. The van der Waals surface area contributed by atoms with E-state index < -0.39 is 0 Å². The molecule has 3 rings (SSSR count). The van der Waals surface area contributed by atoms with E-state index in [1.54, 1.807) is 25.3 Å². The van der Waals surface area contributed by atoms with Crippen molar-refractivity contribution in [2.45, 2.75) is 0 Å². The van der Waals surface area contributed by atoms with E-state index in [0.717, 1.165) is 37.6 Å². The van der Waals surface area contributed by atoms with Crippen LogP contribution in [0, 0.1) is 0 Å². The molecule has 7 heteroatoms. The van der Waals surface area contributed by atoms with Crippen molar-refractivity contribution in [2.75, 3.05) is 50.1 Å². The number of methoxy groups -OCH3 is 1. The minimum Gasteiger partial charge on any atom is -0.495 e. The molecule has 138 valence electrons. The van der Waals surface area contributed by atoms with Crippen molar-refractivity contribution >= 4 is 40.5 Å². The summed E-state index contributed by atoms with van der Waals surface area (Å²) in [5.41, 5.74) is 1.65. The van der Waals surface area contributed by atoms with Crippen molar-refractivity contribution in [1.29, 1.82) is 0 Å². The highest BCUT2D eigenvalue weighted by Crippen LogP contribution is 2.29. The summed E-state index contributed by atoms with van der Waals surface area (Å²) in [6.07, 6.45) is 0. The number of benzene rings is 2. The Bertz CT molecular complexity index is 777. The molecule has 1 aliphatic rings. The van der Waals surface area contributed by atoms with Gasteiger partial charge in [0.1, 0.15) is 5.75 Å². The fraction of sp³-hybridized carbons (Fsp3) is 0.316. The van der Waals surface area contributed by atoms with Gasteiger partial charge in [-0.15, -0.1) is 0 Å². The zero-order chi connectivity index (χ0) is 18.5. The van der Waals surface area contributed by atoms with Gasteiger partial charge in [0.05, 0.1) is 54.7 Å². The summed E-state index contributed by atoms with van der Waals surface area (Å²) >= 11 is 12.1. The fourth-order valence-corrected chi connectivity index (χ4v) is 3.50. The summed E-state index contributed by atoms with van der Waals surface area (Å²) in [6, 6.07) is 13.2. The van der Waals surface area contributed by atoms with E-state index in [-0.39, 0.29) is 5.91 Å². The number of hydrogen-bond acceptors (Lipinski definition) is 3. The van der Waals surface area contributed by atoms with Crippen molar-refractivity contribution < 1.29 is 14.4 Å². The van der Waals surface area contributed by atoms with Crippen molar-refractivity contribution in [3.05, 3.63) is 52.5 Å². The van der Waals surface area contributed by atoms with Crippen LogP contribution in [0.25, 0.3) is 0 Å². The molecule has 0 aromatic heterocycles. The number of nitrogens with one attached hydrogen (secondary N) is 2. The molecule has 0 spiro atoms. The molecule has 2 aromatic rings. The smallest absolute Gasteiger partial charge is 0.279 e. The van der Waals surface area contributed by atoms with Crippen LogP contribution >= 0.6 is 23.2 Å². The average molecular weight is 395 g/mol. The summed E-state index contributed by atoms with van der Waals surface area (Å²) in [4.78, 5) is 15.9. The lowest BCUT2D eigenvalue weighted by molar-refractivity contribution is -0.892. The van der Waals surface area contributed by atoms with Gasteiger partial charge in [0, 0.05) is 0 Å². The molecule has 26 heavy (non-hydrogen) atoms. The topological polar surface area (TPSA) is 46.0 Å². The highest BCUT2D eigenvalue weighted by atomic mass is 35.5. The molecule has 5 nitrogen and oxygen atoms in total. The maximum absolute atomic E-state index is 12.3. The van der Waals surface area contributed by atoms with Crippen molar-refractivity contribution in [2.24, 2.45) is 0 Å². The number of amides is 1. The Morgan fingerprint density at radius 3 is 2.62 bits per heavy atom. The van der Waals surface area contributed by atoms with Crippen LogP contribution in [0.3, 0.4) is 0 Å². The minimum atomic E-state index is -0.0603. The van der Waals surface area contributed by atoms with Gasteiger partial charge in [0.15, 0.2) is 6.54 Å². The van der Waals surface area contributed by atoms with Crippen LogP contribution < -0.4 is 19.9 Å². The van der Waals surface area contributed by atoms with Crippen LogP contribution in [0.15, 0.2) is 42.5 Å². The molecule has 0 bridgehead atoms. The van der Waals surface area contributed by atoms with Crippen molar-refractivity contribution in [3.63, 3.8) is 0 Å². The third-order valence-corrected chi connectivity index (χ3v) is 5.35. The molecule has 1 heterocycles. The minimum absolute atomic E-state index is 0.0603. The Hall–Kier alpha value is -1.95. The summed E-state index contributed by atoms with van der Waals surface area (Å²) < 4.78 is 5.44. The van der Waals surface area contributed by atoms with Crippen molar-refractivity contribution in [1.82, 2.24) is 0 Å². The molecule has 2 aromatic carbocycles. The molecule has 0 radical (unpaired) electrons. The summed E-state index contributed by atoms with van der Waals surface area (Å²) in [7, 11) is 1.69. The van der Waals surface area contributed by atoms with E-state index in [1.165, 1.54) is 4.90 Å². The summed E-state index contributed by atoms with van der Waals surface area (Å²) in [5, 5.41) is 3.66. The second-order valence-corrected chi connectivity index (χ2v) is 7.02. The number of hydrogen-bond donors (Lipinski definition) is 2. The molecule has 1 aliphatic heterocycles. The second kappa shape index (κ2) is 8.62. The molecule has 1 saturated heterocycles. The molecule has 0 atom stereocenters. The molecule has 2 N–H and O–H groups in total. The number of carbonyl (C=O) groups is 1. The number of quaternary nitrogens is 1. The molecule has 1 amide bonds. The maximum Gasteiger partial charge on any atom is 0.279 e. The average Bonchev–Trinajstić information content (AvgIpc) is 2.66. The van der Waals surface area contributed by atoms with Gasteiger partial charge in [-0.05, 0) is 24.3 Å². The third-order valence-electron chi connectivity index (χ3n) is 4.53. The summed E-state index contributed by atoms with van der Waals surface area (Å²) in [5.74, 6) is 0.819. The zero-order valence-electron chi connectivity index (χ0n) is 14.6. The van der Waals surface area contributed by atoms with Crippen LogP contribution in [0.1, 0.15) is 0 Å².